The Morgan fingerprint density at radius 1 is 1.32 bits per heavy atom. The number of hydrogen-bond acceptors (Lipinski definition) is 4. The van der Waals surface area contributed by atoms with E-state index >= 15 is 0 Å². The van der Waals surface area contributed by atoms with Crippen molar-refractivity contribution in [3.63, 3.8) is 0 Å². The van der Waals surface area contributed by atoms with Crippen molar-refractivity contribution >= 4 is 22.7 Å². The number of nitrogens with one attached hydrogen (secondary N) is 1. The van der Waals surface area contributed by atoms with E-state index in [1.54, 1.807) is 38.1 Å². The first-order valence-corrected chi connectivity index (χ1v) is 6.83. The van der Waals surface area contributed by atoms with Gasteiger partial charge in [-0.2, -0.15) is 0 Å². The van der Waals surface area contributed by atoms with Gasteiger partial charge in [0.2, 0.25) is 0 Å². The molecular formula is C15H17F2N3O2. The van der Waals surface area contributed by atoms with Crippen molar-refractivity contribution in [3.05, 3.63) is 30.1 Å². The van der Waals surface area contributed by atoms with Crippen LogP contribution in [0.5, 0.6) is 0 Å². The number of alkyl halides is 2. The SMILES string of the molecule is CC(C)(CCC(=O)O)Nc1nc(C(F)F)nc2ccccc12. The smallest absolute Gasteiger partial charge is 0.303 e. The number of carboxylic acids is 1. The zero-order valence-corrected chi connectivity index (χ0v) is 12.3. The molecule has 1 aromatic carbocycles. The summed E-state index contributed by atoms with van der Waals surface area (Å²) in [5, 5.41) is 12.5. The van der Waals surface area contributed by atoms with Gasteiger partial charge in [0.25, 0.3) is 6.43 Å². The van der Waals surface area contributed by atoms with E-state index in [-0.39, 0.29) is 12.2 Å². The molecule has 0 aliphatic rings. The molecule has 0 saturated carbocycles. The Balaban J connectivity index is 2.38. The lowest BCUT2D eigenvalue weighted by Gasteiger charge is -2.27. The quantitative estimate of drug-likeness (QED) is 0.852. The Hall–Kier alpha value is -2.31. The fourth-order valence-corrected chi connectivity index (χ4v) is 2.09. The van der Waals surface area contributed by atoms with Gasteiger partial charge < -0.3 is 10.4 Å². The van der Waals surface area contributed by atoms with Crippen molar-refractivity contribution in [2.24, 2.45) is 0 Å². The van der Waals surface area contributed by atoms with E-state index in [1.807, 2.05) is 0 Å². The third-order valence-corrected chi connectivity index (χ3v) is 3.24. The Kier molecular flexibility index (Phi) is 4.54. The van der Waals surface area contributed by atoms with Gasteiger partial charge in [-0.25, -0.2) is 18.7 Å². The number of para-hydroxylation sites is 1. The van der Waals surface area contributed by atoms with E-state index in [9.17, 15) is 13.6 Å². The first-order valence-electron chi connectivity index (χ1n) is 6.83. The molecule has 0 aliphatic heterocycles. The van der Waals surface area contributed by atoms with Crippen LogP contribution in [0.4, 0.5) is 14.6 Å². The maximum atomic E-state index is 12.9. The maximum absolute atomic E-state index is 12.9. The molecule has 7 heteroatoms. The fourth-order valence-electron chi connectivity index (χ4n) is 2.09. The number of hydrogen-bond donors (Lipinski definition) is 2. The predicted octanol–water partition coefficient (Wildman–Crippen LogP) is 3.62. The summed E-state index contributed by atoms with van der Waals surface area (Å²) in [4.78, 5) is 18.4. The third-order valence-electron chi connectivity index (χ3n) is 3.24. The zero-order valence-electron chi connectivity index (χ0n) is 12.3. The summed E-state index contributed by atoms with van der Waals surface area (Å²) in [5.41, 5.74) is -0.182. The van der Waals surface area contributed by atoms with Crippen LogP contribution in [-0.2, 0) is 4.79 Å². The summed E-state index contributed by atoms with van der Waals surface area (Å²) >= 11 is 0. The lowest BCUT2D eigenvalue weighted by Crippen LogP contribution is -2.32. The van der Waals surface area contributed by atoms with Crippen molar-refractivity contribution in [1.29, 1.82) is 0 Å². The monoisotopic (exact) mass is 309 g/mol. The summed E-state index contributed by atoms with van der Waals surface area (Å²) in [5.74, 6) is -1.16. The molecule has 0 unspecified atom stereocenters. The zero-order chi connectivity index (χ0) is 16.3. The number of carboxylic acid groups (broad SMARTS) is 1. The minimum atomic E-state index is -2.77. The second-order valence-electron chi connectivity index (χ2n) is 5.65. The minimum absolute atomic E-state index is 0.0231. The number of anilines is 1. The molecule has 22 heavy (non-hydrogen) atoms. The summed E-state index contributed by atoms with van der Waals surface area (Å²) in [7, 11) is 0. The number of halogens is 2. The van der Waals surface area contributed by atoms with Crippen LogP contribution in [0, 0.1) is 0 Å². The molecule has 0 aliphatic carbocycles. The summed E-state index contributed by atoms with van der Waals surface area (Å²) in [6.45, 7) is 3.60. The number of rotatable bonds is 6. The van der Waals surface area contributed by atoms with Gasteiger partial charge in [-0.05, 0) is 32.4 Å². The van der Waals surface area contributed by atoms with E-state index in [0.29, 0.717) is 17.3 Å². The van der Waals surface area contributed by atoms with E-state index in [4.69, 9.17) is 5.11 Å². The van der Waals surface area contributed by atoms with Gasteiger partial charge in [-0.3, -0.25) is 4.79 Å². The molecule has 2 aromatic rings. The highest BCUT2D eigenvalue weighted by molar-refractivity contribution is 5.89. The second kappa shape index (κ2) is 6.21. The van der Waals surface area contributed by atoms with Crippen molar-refractivity contribution in [2.45, 2.75) is 38.7 Å². The van der Waals surface area contributed by atoms with Gasteiger partial charge in [0.05, 0.1) is 5.52 Å². The highest BCUT2D eigenvalue weighted by Gasteiger charge is 2.22. The first kappa shape index (κ1) is 16.1. The molecule has 1 aromatic heterocycles. The van der Waals surface area contributed by atoms with Crippen molar-refractivity contribution in [3.8, 4) is 0 Å². The molecule has 5 nitrogen and oxygen atoms in total. The number of fused-ring (bicyclic) bond motifs is 1. The highest BCUT2D eigenvalue weighted by atomic mass is 19.3. The molecule has 0 bridgehead atoms. The van der Waals surface area contributed by atoms with E-state index in [0.717, 1.165) is 0 Å². The molecule has 0 saturated heterocycles. The van der Waals surface area contributed by atoms with Gasteiger partial charge in [0.15, 0.2) is 5.82 Å². The molecule has 0 spiro atoms. The molecule has 118 valence electrons. The first-order chi connectivity index (χ1) is 10.3. The minimum Gasteiger partial charge on any atom is -0.481 e. The lowest BCUT2D eigenvalue weighted by atomic mass is 9.98. The number of benzene rings is 1. The van der Waals surface area contributed by atoms with Crippen molar-refractivity contribution in [2.75, 3.05) is 5.32 Å². The van der Waals surface area contributed by atoms with Gasteiger partial charge in [0.1, 0.15) is 5.82 Å². The van der Waals surface area contributed by atoms with Crippen LogP contribution < -0.4 is 5.32 Å². The summed E-state index contributed by atoms with van der Waals surface area (Å²) < 4.78 is 25.9. The largest absolute Gasteiger partial charge is 0.481 e. The van der Waals surface area contributed by atoms with Crippen LogP contribution in [0.1, 0.15) is 38.9 Å². The molecule has 0 radical (unpaired) electrons. The lowest BCUT2D eigenvalue weighted by molar-refractivity contribution is -0.137. The Bertz CT molecular complexity index is 690. The average molecular weight is 309 g/mol. The topological polar surface area (TPSA) is 75.1 Å². The van der Waals surface area contributed by atoms with Crippen LogP contribution in [0.3, 0.4) is 0 Å². The Morgan fingerprint density at radius 2 is 2.00 bits per heavy atom. The standard InChI is InChI=1S/C15H17F2N3O2/c1-15(2,8-7-11(21)22)20-13-9-5-3-4-6-10(9)18-14(19-13)12(16)17/h3-6,12H,7-8H2,1-2H3,(H,21,22)(H,18,19,20). The van der Waals surface area contributed by atoms with Crippen molar-refractivity contribution < 1.29 is 18.7 Å². The Labute approximate surface area is 126 Å². The van der Waals surface area contributed by atoms with Crippen LogP contribution in [0.2, 0.25) is 0 Å². The third kappa shape index (κ3) is 3.87. The van der Waals surface area contributed by atoms with Crippen LogP contribution >= 0.6 is 0 Å². The summed E-state index contributed by atoms with van der Waals surface area (Å²) in [6, 6.07) is 6.85. The molecular weight excluding hydrogens is 292 g/mol. The molecule has 0 amide bonds. The Morgan fingerprint density at radius 3 is 2.64 bits per heavy atom. The average Bonchev–Trinajstić information content (AvgIpc) is 2.45. The molecule has 2 N–H and O–H groups in total. The van der Waals surface area contributed by atoms with Crippen LogP contribution in [0.15, 0.2) is 24.3 Å². The number of nitrogens with zero attached hydrogens (tertiary/aromatic N) is 2. The van der Waals surface area contributed by atoms with Crippen molar-refractivity contribution in [1.82, 2.24) is 9.97 Å². The molecule has 0 fully saturated rings. The van der Waals surface area contributed by atoms with E-state index in [1.165, 1.54) is 0 Å². The summed E-state index contributed by atoms with van der Waals surface area (Å²) in [6.07, 6.45) is -2.46. The predicted molar refractivity (Wildman–Crippen MR) is 79.1 cm³/mol. The number of aromatic nitrogens is 2. The maximum Gasteiger partial charge on any atom is 0.303 e. The highest BCUT2D eigenvalue weighted by Crippen LogP contribution is 2.27. The fraction of sp³-hybridized carbons (Fsp3) is 0.400. The molecule has 1 heterocycles. The second-order valence-corrected chi connectivity index (χ2v) is 5.65. The van der Waals surface area contributed by atoms with E-state index in [2.05, 4.69) is 15.3 Å². The number of aliphatic carboxylic acids is 1. The van der Waals surface area contributed by atoms with Gasteiger partial charge in [0, 0.05) is 17.3 Å². The van der Waals surface area contributed by atoms with Gasteiger partial charge in [-0.15, -0.1) is 0 Å². The number of carbonyl (C=O) groups is 1. The van der Waals surface area contributed by atoms with E-state index < -0.39 is 23.8 Å². The van der Waals surface area contributed by atoms with Gasteiger partial charge >= 0.3 is 5.97 Å². The normalized spacial score (nSPS) is 11.9. The van der Waals surface area contributed by atoms with Crippen LogP contribution in [-0.4, -0.2) is 26.6 Å². The molecule has 2 rings (SSSR count). The molecule has 0 atom stereocenters. The van der Waals surface area contributed by atoms with Gasteiger partial charge in [-0.1, -0.05) is 12.1 Å². The van der Waals surface area contributed by atoms with Crippen LogP contribution in [0.25, 0.3) is 10.9 Å².